The zero-order valence-electron chi connectivity index (χ0n) is 13.8. The molecule has 2 heterocycles. The van der Waals surface area contributed by atoms with Crippen LogP contribution in [0.15, 0.2) is 30.5 Å². The molecule has 1 amide bonds. The maximum atomic E-state index is 13.5. The van der Waals surface area contributed by atoms with Gasteiger partial charge in [-0.3, -0.25) is 4.79 Å². The van der Waals surface area contributed by atoms with Crippen LogP contribution in [-0.4, -0.2) is 40.5 Å². The molecule has 6 heteroatoms. The van der Waals surface area contributed by atoms with Crippen molar-refractivity contribution in [2.24, 2.45) is 0 Å². The monoisotopic (exact) mass is 331 g/mol. The number of para-hydroxylation sites is 1. The zero-order chi connectivity index (χ0) is 16.9. The lowest BCUT2D eigenvalue weighted by Gasteiger charge is -2.32. The predicted molar refractivity (Wildman–Crippen MR) is 88.4 cm³/mol. The number of imidazole rings is 1. The van der Waals surface area contributed by atoms with E-state index in [1.807, 2.05) is 18.0 Å². The highest BCUT2D eigenvalue weighted by atomic mass is 19.1. The van der Waals surface area contributed by atoms with Gasteiger partial charge in [-0.05, 0) is 31.9 Å². The summed E-state index contributed by atoms with van der Waals surface area (Å²) in [6, 6.07) is 6.23. The third kappa shape index (κ3) is 3.93. The Morgan fingerprint density at radius 2 is 2.29 bits per heavy atom. The first-order chi connectivity index (χ1) is 11.6. The number of benzene rings is 1. The quantitative estimate of drug-likeness (QED) is 0.916. The molecule has 1 atom stereocenters. The third-order valence-corrected chi connectivity index (χ3v) is 4.29. The molecule has 0 spiro atoms. The van der Waals surface area contributed by atoms with Crippen molar-refractivity contribution in [2.45, 2.75) is 32.1 Å². The number of amides is 1. The molecule has 5 nitrogen and oxygen atoms in total. The summed E-state index contributed by atoms with van der Waals surface area (Å²) in [5, 5.41) is 0. The van der Waals surface area contributed by atoms with Gasteiger partial charge in [0.1, 0.15) is 5.82 Å². The van der Waals surface area contributed by atoms with Gasteiger partial charge >= 0.3 is 0 Å². The minimum Gasteiger partial charge on any atom is -0.490 e. The van der Waals surface area contributed by atoms with Crippen LogP contribution in [0.4, 0.5) is 4.39 Å². The Labute approximate surface area is 140 Å². The molecule has 1 fully saturated rings. The molecular weight excluding hydrogens is 309 g/mol. The number of H-pyrrole nitrogens is 1. The van der Waals surface area contributed by atoms with Crippen LogP contribution in [0.5, 0.6) is 5.75 Å². The Morgan fingerprint density at radius 1 is 1.46 bits per heavy atom. The number of piperidine rings is 1. The largest absolute Gasteiger partial charge is 0.490 e. The van der Waals surface area contributed by atoms with Gasteiger partial charge < -0.3 is 14.6 Å². The van der Waals surface area contributed by atoms with Gasteiger partial charge in [-0.15, -0.1) is 0 Å². The minimum absolute atomic E-state index is 0.0410. The molecule has 1 aromatic carbocycles. The second-order valence-corrected chi connectivity index (χ2v) is 6.16. The molecule has 128 valence electrons. The van der Waals surface area contributed by atoms with Crippen LogP contribution in [0.25, 0.3) is 0 Å². The van der Waals surface area contributed by atoms with Gasteiger partial charge in [0.15, 0.2) is 11.6 Å². The molecule has 0 aliphatic carbocycles. The van der Waals surface area contributed by atoms with E-state index in [0.717, 1.165) is 30.9 Å². The number of carbonyl (C=O) groups is 1. The van der Waals surface area contributed by atoms with Gasteiger partial charge in [0.25, 0.3) is 0 Å². The number of rotatable bonds is 5. The van der Waals surface area contributed by atoms with Crippen molar-refractivity contribution in [2.75, 3.05) is 19.7 Å². The van der Waals surface area contributed by atoms with E-state index in [1.165, 1.54) is 6.07 Å². The van der Waals surface area contributed by atoms with E-state index in [4.69, 9.17) is 4.74 Å². The summed E-state index contributed by atoms with van der Waals surface area (Å²) in [7, 11) is 0. The smallest absolute Gasteiger partial charge is 0.226 e. The number of hydrogen-bond acceptors (Lipinski definition) is 3. The Balaban J connectivity index is 1.50. The van der Waals surface area contributed by atoms with Crippen molar-refractivity contribution in [1.29, 1.82) is 0 Å². The van der Waals surface area contributed by atoms with Crippen LogP contribution in [0.1, 0.15) is 36.7 Å². The fraction of sp³-hybridized carbons (Fsp3) is 0.444. The van der Waals surface area contributed by atoms with E-state index >= 15 is 0 Å². The van der Waals surface area contributed by atoms with Crippen LogP contribution in [-0.2, 0) is 4.79 Å². The van der Waals surface area contributed by atoms with E-state index in [1.54, 1.807) is 18.2 Å². The third-order valence-electron chi connectivity index (χ3n) is 4.29. The lowest BCUT2D eigenvalue weighted by Crippen LogP contribution is -2.39. The topological polar surface area (TPSA) is 58.2 Å². The van der Waals surface area contributed by atoms with E-state index < -0.39 is 5.82 Å². The van der Waals surface area contributed by atoms with Crippen LogP contribution in [0.3, 0.4) is 0 Å². The summed E-state index contributed by atoms with van der Waals surface area (Å²) in [4.78, 5) is 21.9. The van der Waals surface area contributed by atoms with E-state index in [2.05, 4.69) is 9.97 Å². The number of hydrogen-bond donors (Lipinski definition) is 1. The minimum atomic E-state index is -0.406. The molecule has 0 bridgehead atoms. The highest BCUT2D eigenvalue weighted by molar-refractivity contribution is 5.76. The van der Waals surface area contributed by atoms with Crippen LogP contribution in [0, 0.1) is 12.7 Å². The first kappa shape index (κ1) is 16.5. The maximum absolute atomic E-state index is 13.5. The average molecular weight is 331 g/mol. The maximum Gasteiger partial charge on any atom is 0.226 e. The van der Waals surface area contributed by atoms with Crippen molar-refractivity contribution in [3.05, 3.63) is 47.8 Å². The number of likely N-dealkylation sites (tertiary alicyclic amines) is 1. The van der Waals surface area contributed by atoms with Crippen molar-refractivity contribution < 1.29 is 13.9 Å². The second kappa shape index (κ2) is 7.47. The van der Waals surface area contributed by atoms with Crippen LogP contribution >= 0.6 is 0 Å². The van der Waals surface area contributed by atoms with Gasteiger partial charge in [0, 0.05) is 30.9 Å². The highest BCUT2D eigenvalue weighted by Gasteiger charge is 2.26. The van der Waals surface area contributed by atoms with Gasteiger partial charge in [-0.1, -0.05) is 12.1 Å². The predicted octanol–water partition coefficient (Wildman–Crippen LogP) is 3.03. The number of halogens is 1. The number of aromatic amines is 1. The molecule has 0 saturated carbocycles. The Hall–Kier alpha value is -2.37. The molecule has 24 heavy (non-hydrogen) atoms. The molecule has 1 N–H and O–H groups in total. The zero-order valence-corrected chi connectivity index (χ0v) is 13.8. The van der Waals surface area contributed by atoms with Gasteiger partial charge in [0.2, 0.25) is 5.91 Å². The fourth-order valence-electron chi connectivity index (χ4n) is 3.04. The van der Waals surface area contributed by atoms with Crippen LogP contribution in [0.2, 0.25) is 0 Å². The van der Waals surface area contributed by atoms with E-state index in [0.29, 0.717) is 6.54 Å². The molecule has 2 aromatic rings. The first-order valence-electron chi connectivity index (χ1n) is 8.30. The molecule has 1 unspecified atom stereocenters. The number of carbonyl (C=O) groups excluding carboxylic acids is 1. The summed E-state index contributed by atoms with van der Waals surface area (Å²) >= 11 is 0. The van der Waals surface area contributed by atoms with Crippen molar-refractivity contribution in [3.63, 3.8) is 0 Å². The number of nitrogens with one attached hydrogen (secondary N) is 1. The number of nitrogens with zero attached hydrogens (tertiary/aromatic N) is 2. The van der Waals surface area contributed by atoms with E-state index in [9.17, 15) is 9.18 Å². The van der Waals surface area contributed by atoms with Crippen molar-refractivity contribution >= 4 is 5.91 Å². The summed E-state index contributed by atoms with van der Waals surface area (Å²) < 4.78 is 18.9. The second-order valence-electron chi connectivity index (χ2n) is 6.16. The standard InChI is InChI=1S/C18H22FN3O2/c1-13-11-20-18(21-13)14-5-4-9-22(12-14)17(23)8-10-24-16-7-3-2-6-15(16)19/h2-3,6-7,11,14H,4-5,8-10,12H2,1H3,(H,20,21). The molecule has 1 aromatic heterocycles. The fourth-order valence-corrected chi connectivity index (χ4v) is 3.04. The number of ether oxygens (including phenoxy) is 1. The van der Waals surface area contributed by atoms with Gasteiger partial charge in [-0.25, -0.2) is 9.37 Å². The van der Waals surface area contributed by atoms with Gasteiger partial charge in [-0.2, -0.15) is 0 Å². The Bertz CT molecular complexity index is 701. The number of aromatic nitrogens is 2. The summed E-state index contributed by atoms with van der Waals surface area (Å²) in [6.45, 7) is 3.59. The van der Waals surface area contributed by atoms with Gasteiger partial charge in [0.05, 0.1) is 13.0 Å². The lowest BCUT2D eigenvalue weighted by atomic mass is 9.97. The van der Waals surface area contributed by atoms with Crippen molar-refractivity contribution in [3.8, 4) is 5.75 Å². The normalized spacial score (nSPS) is 17.8. The van der Waals surface area contributed by atoms with Crippen LogP contribution < -0.4 is 4.74 Å². The lowest BCUT2D eigenvalue weighted by molar-refractivity contribution is -0.133. The Kier molecular flexibility index (Phi) is 5.13. The first-order valence-corrected chi connectivity index (χ1v) is 8.30. The summed E-state index contributed by atoms with van der Waals surface area (Å²) in [5.41, 5.74) is 1.03. The SMILES string of the molecule is Cc1cnc(C2CCCN(C(=O)CCOc3ccccc3F)C2)[nH]1. The summed E-state index contributed by atoms with van der Waals surface area (Å²) in [5.74, 6) is 1.03. The van der Waals surface area contributed by atoms with Crippen molar-refractivity contribution in [1.82, 2.24) is 14.9 Å². The molecule has 1 aliphatic rings. The average Bonchev–Trinajstić information content (AvgIpc) is 3.03. The number of aryl methyl sites for hydroxylation is 1. The van der Waals surface area contributed by atoms with E-state index in [-0.39, 0.29) is 30.6 Å². The molecule has 1 aliphatic heterocycles. The molecule has 0 radical (unpaired) electrons. The Morgan fingerprint density at radius 3 is 3.04 bits per heavy atom. The highest BCUT2D eigenvalue weighted by Crippen LogP contribution is 2.25. The molecule has 1 saturated heterocycles. The molecular formula is C18H22FN3O2. The molecule has 3 rings (SSSR count). The summed E-state index contributed by atoms with van der Waals surface area (Å²) in [6.07, 6.45) is 4.06.